The van der Waals surface area contributed by atoms with E-state index in [2.05, 4.69) is 15.6 Å². The zero-order chi connectivity index (χ0) is 15.2. The number of hydrogen-bond acceptors (Lipinski definition) is 5. The lowest BCUT2D eigenvalue weighted by molar-refractivity contribution is -0.0327. The molecule has 1 aromatic rings. The highest BCUT2D eigenvalue weighted by molar-refractivity contribution is 8.00. The Bertz CT molecular complexity index is 478. The van der Waals surface area contributed by atoms with Crippen LogP contribution in [0.15, 0.2) is 5.38 Å². The number of carbonyl (C=O) groups is 2. The fourth-order valence-corrected chi connectivity index (χ4v) is 2.18. The quantitative estimate of drug-likeness (QED) is 0.693. The van der Waals surface area contributed by atoms with Crippen molar-refractivity contribution in [2.45, 2.75) is 12.1 Å². The van der Waals surface area contributed by atoms with E-state index in [1.165, 1.54) is 5.38 Å². The molecule has 1 heterocycles. The smallest absolute Gasteiger partial charge is 0.441 e. The monoisotopic (exact) mass is 329 g/mol. The molecule has 6 nitrogen and oxygen atoms in total. The minimum atomic E-state index is -4.31. The lowest BCUT2D eigenvalue weighted by Crippen LogP contribution is -2.36. The van der Waals surface area contributed by atoms with Crippen molar-refractivity contribution in [2.24, 2.45) is 0 Å². The van der Waals surface area contributed by atoms with E-state index < -0.39 is 17.5 Å². The third-order valence-corrected chi connectivity index (χ3v) is 3.41. The van der Waals surface area contributed by atoms with Gasteiger partial charge in [0.25, 0.3) is 0 Å². The average Bonchev–Trinajstić information content (AvgIpc) is 2.80. The summed E-state index contributed by atoms with van der Waals surface area (Å²) >= 11 is 0.843. The van der Waals surface area contributed by atoms with Gasteiger partial charge in [-0.2, -0.15) is 13.2 Å². The van der Waals surface area contributed by atoms with Gasteiger partial charge in [-0.25, -0.2) is 14.6 Å². The van der Waals surface area contributed by atoms with Gasteiger partial charge in [0.2, 0.25) is 0 Å². The molecule has 0 aliphatic carbocycles. The number of urea groups is 1. The summed E-state index contributed by atoms with van der Waals surface area (Å²) in [5.41, 5.74) is -4.43. The third kappa shape index (κ3) is 6.61. The van der Waals surface area contributed by atoms with Gasteiger partial charge in [0.15, 0.2) is 5.69 Å². The molecule has 0 saturated heterocycles. The van der Waals surface area contributed by atoms with Crippen molar-refractivity contribution in [3.63, 3.8) is 0 Å². The van der Waals surface area contributed by atoms with Crippen LogP contribution in [0.25, 0.3) is 0 Å². The lowest BCUT2D eigenvalue weighted by Gasteiger charge is -2.07. The Morgan fingerprint density at radius 1 is 1.40 bits per heavy atom. The molecule has 0 aromatic carbocycles. The molecule has 20 heavy (non-hydrogen) atoms. The number of aromatic nitrogens is 1. The number of thioether (sulfide) groups is 1. The van der Waals surface area contributed by atoms with Crippen LogP contribution in [0.4, 0.5) is 18.0 Å². The molecule has 0 saturated carbocycles. The van der Waals surface area contributed by atoms with Crippen molar-refractivity contribution in [3.05, 3.63) is 16.1 Å². The number of alkyl halides is 3. The molecular formula is C9H10F3N3O3S2. The van der Waals surface area contributed by atoms with Gasteiger partial charge in [0.1, 0.15) is 5.01 Å². The van der Waals surface area contributed by atoms with Crippen LogP contribution in [0.5, 0.6) is 0 Å². The predicted molar refractivity (Wildman–Crippen MR) is 67.8 cm³/mol. The second-order valence-electron chi connectivity index (χ2n) is 3.34. The molecule has 2 amide bonds. The van der Waals surface area contributed by atoms with Crippen LogP contribution in [0.1, 0.15) is 15.5 Å². The number of rotatable bonds is 6. The third-order valence-electron chi connectivity index (χ3n) is 1.82. The molecule has 0 spiro atoms. The maximum atomic E-state index is 11.8. The maximum absolute atomic E-state index is 11.8. The molecular weight excluding hydrogens is 319 g/mol. The molecule has 0 aliphatic heterocycles. The first-order valence-electron chi connectivity index (χ1n) is 5.18. The van der Waals surface area contributed by atoms with E-state index in [9.17, 15) is 22.8 Å². The van der Waals surface area contributed by atoms with Gasteiger partial charge in [-0.15, -0.1) is 11.3 Å². The Kier molecular flexibility index (Phi) is 6.07. The highest BCUT2D eigenvalue weighted by Crippen LogP contribution is 2.29. The summed E-state index contributed by atoms with van der Waals surface area (Å²) in [6, 6.07) is -0.639. The highest BCUT2D eigenvalue weighted by Gasteiger charge is 2.27. The van der Waals surface area contributed by atoms with Crippen molar-refractivity contribution >= 4 is 35.1 Å². The van der Waals surface area contributed by atoms with Gasteiger partial charge in [0.05, 0.1) is 6.54 Å². The SMILES string of the molecule is O=C(NCCSC(F)(F)F)NCc1nc(C(=O)O)cs1. The molecule has 3 N–H and O–H groups in total. The summed E-state index contributed by atoms with van der Waals surface area (Å²) in [4.78, 5) is 25.5. The Labute approximate surface area is 119 Å². The fourth-order valence-electron chi connectivity index (χ4n) is 1.04. The lowest BCUT2D eigenvalue weighted by atomic mass is 10.5. The molecule has 0 bridgehead atoms. The summed E-state index contributed by atoms with van der Waals surface area (Å²) in [6.45, 7) is -0.121. The van der Waals surface area contributed by atoms with Crippen LogP contribution >= 0.6 is 23.1 Å². The Balaban J connectivity index is 2.21. The summed E-state index contributed by atoms with van der Waals surface area (Å²) in [5, 5.41) is 15.0. The minimum Gasteiger partial charge on any atom is -0.476 e. The normalized spacial score (nSPS) is 11.2. The molecule has 1 rings (SSSR count). The van der Waals surface area contributed by atoms with E-state index in [1.807, 2.05) is 0 Å². The van der Waals surface area contributed by atoms with Crippen molar-refractivity contribution in [1.82, 2.24) is 15.6 Å². The van der Waals surface area contributed by atoms with Crippen LogP contribution in [0.3, 0.4) is 0 Å². The summed E-state index contributed by atoms with van der Waals surface area (Å²) in [7, 11) is 0. The number of nitrogens with zero attached hydrogens (tertiary/aromatic N) is 1. The fraction of sp³-hybridized carbons (Fsp3) is 0.444. The Morgan fingerprint density at radius 2 is 2.10 bits per heavy atom. The van der Waals surface area contributed by atoms with E-state index in [0.717, 1.165) is 11.3 Å². The summed E-state index contributed by atoms with van der Waals surface area (Å²) in [5.74, 6) is -1.45. The minimum absolute atomic E-state index is 0.0101. The van der Waals surface area contributed by atoms with Gasteiger partial charge in [-0.05, 0) is 11.8 Å². The molecule has 0 radical (unpaired) electrons. The summed E-state index contributed by atoms with van der Waals surface area (Å²) < 4.78 is 35.4. The molecule has 1 aromatic heterocycles. The van der Waals surface area contributed by atoms with Crippen molar-refractivity contribution in [1.29, 1.82) is 0 Å². The van der Waals surface area contributed by atoms with Gasteiger partial charge in [-0.1, -0.05) is 0 Å². The topological polar surface area (TPSA) is 91.3 Å². The van der Waals surface area contributed by atoms with Crippen LogP contribution in [-0.2, 0) is 6.54 Å². The standard InChI is InChI=1S/C9H10F3N3O3S2/c10-9(11,12)20-2-1-13-8(18)14-3-6-15-5(4-19-6)7(16)17/h4H,1-3H2,(H,16,17)(H2,13,14,18). The van der Waals surface area contributed by atoms with E-state index in [-0.39, 0.29) is 36.3 Å². The summed E-state index contributed by atoms with van der Waals surface area (Å²) in [6.07, 6.45) is 0. The molecule has 0 unspecified atom stereocenters. The zero-order valence-electron chi connectivity index (χ0n) is 9.86. The number of nitrogens with one attached hydrogen (secondary N) is 2. The van der Waals surface area contributed by atoms with Crippen LogP contribution < -0.4 is 10.6 Å². The Hall–Kier alpha value is -1.49. The number of amides is 2. The van der Waals surface area contributed by atoms with Crippen molar-refractivity contribution in [2.75, 3.05) is 12.3 Å². The molecule has 0 aliphatic rings. The number of halogens is 3. The number of carbonyl (C=O) groups excluding carboxylic acids is 1. The van der Waals surface area contributed by atoms with E-state index in [0.29, 0.717) is 5.01 Å². The largest absolute Gasteiger partial charge is 0.476 e. The first-order chi connectivity index (χ1) is 9.28. The number of carboxylic acid groups (broad SMARTS) is 1. The molecule has 0 fully saturated rings. The van der Waals surface area contributed by atoms with E-state index in [1.54, 1.807) is 0 Å². The number of hydrogen-bond donors (Lipinski definition) is 3. The van der Waals surface area contributed by atoms with Crippen LogP contribution in [0, 0.1) is 0 Å². The number of carboxylic acids is 1. The number of thiazole rings is 1. The molecule has 112 valence electrons. The van der Waals surface area contributed by atoms with E-state index >= 15 is 0 Å². The molecule has 11 heteroatoms. The maximum Gasteiger partial charge on any atom is 0.441 e. The predicted octanol–water partition coefficient (Wildman–Crippen LogP) is 1.89. The zero-order valence-corrected chi connectivity index (χ0v) is 11.5. The highest BCUT2D eigenvalue weighted by atomic mass is 32.2. The Morgan fingerprint density at radius 3 is 2.65 bits per heavy atom. The van der Waals surface area contributed by atoms with Gasteiger partial charge in [0, 0.05) is 17.7 Å². The first-order valence-corrected chi connectivity index (χ1v) is 7.04. The molecule has 0 atom stereocenters. The van der Waals surface area contributed by atoms with Crippen molar-refractivity contribution in [3.8, 4) is 0 Å². The van der Waals surface area contributed by atoms with Crippen molar-refractivity contribution < 1.29 is 27.9 Å². The number of aromatic carboxylic acids is 1. The van der Waals surface area contributed by atoms with Crippen LogP contribution in [-0.4, -0.2) is 39.9 Å². The van der Waals surface area contributed by atoms with Gasteiger partial charge >= 0.3 is 17.5 Å². The second-order valence-corrected chi connectivity index (χ2v) is 5.44. The average molecular weight is 329 g/mol. The van der Waals surface area contributed by atoms with E-state index in [4.69, 9.17) is 5.11 Å². The second kappa shape index (κ2) is 7.33. The first kappa shape index (κ1) is 16.6. The van der Waals surface area contributed by atoms with Crippen LogP contribution in [0.2, 0.25) is 0 Å². The van der Waals surface area contributed by atoms with Gasteiger partial charge in [-0.3, -0.25) is 0 Å². The van der Waals surface area contributed by atoms with Gasteiger partial charge < -0.3 is 15.7 Å².